The summed E-state index contributed by atoms with van der Waals surface area (Å²) in [6.07, 6.45) is 6.76. The molecule has 2 aliphatic heterocycles. The number of hydrogen-bond donors (Lipinski definition) is 0. The maximum Gasteiger partial charge on any atom is 0.253 e. The number of pyridine rings is 1. The van der Waals surface area contributed by atoms with Gasteiger partial charge in [-0.05, 0) is 17.7 Å². The van der Waals surface area contributed by atoms with Gasteiger partial charge in [0, 0.05) is 38.1 Å². The highest BCUT2D eigenvalue weighted by molar-refractivity contribution is 5.95. The second kappa shape index (κ2) is 6.95. The number of furan rings is 1. The van der Waals surface area contributed by atoms with Gasteiger partial charge < -0.3 is 18.8 Å². The molecule has 0 radical (unpaired) electrons. The van der Waals surface area contributed by atoms with Gasteiger partial charge in [0.15, 0.2) is 0 Å². The molecule has 0 bridgehead atoms. The van der Waals surface area contributed by atoms with E-state index in [-0.39, 0.29) is 12.5 Å². The third-order valence-corrected chi connectivity index (χ3v) is 4.65. The number of hydrogen-bond acceptors (Lipinski definition) is 6. The van der Waals surface area contributed by atoms with E-state index >= 15 is 0 Å². The van der Waals surface area contributed by atoms with Gasteiger partial charge in [-0.1, -0.05) is 0 Å². The highest BCUT2D eigenvalue weighted by atomic mass is 16.6. The molecule has 7 heteroatoms. The molecule has 0 saturated carbocycles. The van der Waals surface area contributed by atoms with Crippen LogP contribution in [0.2, 0.25) is 0 Å². The Morgan fingerprint density at radius 1 is 1.20 bits per heavy atom. The van der Waals surface area contributed by atoms with Crippen LogP contribution in [-0.2, 0) is 20.8 Å². The van der Waals surface area contributed by atoms with E-state index in [9.17, 15) is 4.79 Å². The van der Waals surface area contributed by atoms with Crippen molar-refractivity contribution in [1.82, 2.24) is 9.88 Å². The molecule has 1 spiro atoms. The molecule has 0 aliphatic carbocycles. The van der Waals surface area contributed by atoms with Gasteiger partial charge in [0.05, 0.1) is 31.7 Å². The number of carbonyl (C=O) groups excluding carboxylic acids is 1. The lowest BCUT2D eigenvalue weighted by Gasteiger charge is -2.42. The minimum atomic E-state index is -0.533. The minimum absolute atomic E-state index is 0.0532. The Morgan fingerprint density at radius 3 is 2.88 bits per heavy atom. The van der Waals surface area contributed by atoms with Crippen molar-refractivity contribution in [3.8, 4) is 0 Å². The summed E-state index contributed by atoms with van der Waals surface area (Å²) in [5.41, 5.74) is 1.43. The lowest BCUT2D eigenvalue weighted by atomic mass is 10.0. The second-order valence-corrected chi connectivity index (χ2v) is 6.55. The van der Waals surface area contributed by atoms with Crippen LogP contribution >= 0.6 is 0 Å². The van der Waals surface area contributed by atoms with Crippen molar-refractivity contribution in [3.05, 3.63) is 48.7 Å². The molecule has 0 aromatic carbocycles. The van der Waals surface area contributed by atoms with Crippen LogP contribution in [0.1, 0.15) is 5.56 Å². The summed E-state index contributed by atoms with van der Waals surface area (Å²) >= 11 is 0. The Bertz CT molecular complexity index is 706. The molecule has 0 unspecified atom stereocenters. The molecule has 4 rings (SSSR count). The van der Waals surface area contributed by atoms with E-state index in [1.54, 1.807) is 35.9 Å². The lowest BCUT2D eigenvalue weighted by Crippen LogP contribution is -2.60. The summed E-state index contributed by atoms with van der Waals surface area (Å²) in [7, 11) is 0. The number of morpholine rings is 1. The van der Waals surface area contributed by atoms with Gasteiger partial charge in [0.2, 0.25) is 0 Å². The van der Waals surface area contributed by atoms with Gasteiger partial charge in [-0.3, -0.25) is 14.7 Å². The smallest absolute Gasteiger partial charge is 0.253 e. The Balaban J connectivity index is 1.52. The molecule has 2 aromatic heterocycles. The van der Waals surface area contributed by atoms with Gasteiger partial charge >= 0.3 is 0 Å². The summed E-state index contributed by atoms with van der Waals surface area (Å²) in [6, 6.07) is 5.83. The standard InChI is InChI=1S/C18H21N3O4/c22-17-11-25-18(13-21(17)16-3-7-23-10-16)12-20(6-8-24-14-18)9-15-1-4-19-5-2-15/h1-5,7,10H,6,8-9,11-14H2/t18-/m0/s1. The molecule has 2 saturated heterocycles. The summed E-state index contributed by atoms with van der Waals surface area (Å²) in [5.74, 6) is -0.0584. The highest BCUT2D eigenvalue weighted by Crippen LogP contribution is 2.27. The normalized spacial score (nSPS) is 25.3. The fourth-order valence-electron chi connectivity index (χ4n) is 3.41. The fraction of sp³-hybridized carbons (Fsp3) is 0.444. The number of anilines is 1. The zero-order chi connectivity index (χ0) is 17.1. The van der Waals surface area contributed by atoms with Gasteiger partial charge in [0.25, 0.3) is 5.91 Å². The summed E-state index contributed by atoms with van der Waals surface area (Å²) in [6.45, 7) is 3.97. The van der Waals surface area contributed by atoms with Crippen molar-refractivity contribution in [1.29, 1.82) is 0 Å². The SMILES string of the molecule is O=C1CO[C@]2(COCCN(Cc3ccncc3)C2)CN1c1ccoc1. The molecular formula is C18H21N3O4. The maximum atomic E-state index is 12.3. The maximum absolute atomic E-state index is 12.3. The van der Waals surface area contributed by atoms with Crippen LogP contribution in [0.15, 0.2) is 47.5 Å². The third kappa shape index (κ3) is 3.58. The largest absolute Gasteiger partial charge is 0.470 e. The van der Waals surface area contributed by atoms with E-state index in [1.165, 1.54) is 5.56 Å². The first-order valence-electron chi connectivity index (χ1n) is 8.40. The van der Waals surface area contributed by atoms with E-state index in [2.05, 4.69) is 9.88 Å². The van der Waals surface area contributed by atoms with Crippen LogP contribution in [0, 0.1) is 0 Å². The van der Waals surface area contributed by atoms with Crippen molar-refractivity contribution in [2.24, 2.45) is 0 Å². The van der Waals surface area contributed by atoms with Crippen LogP contribution < -0.4 is 4.90 Å². The molecule has 2 aromatic rings. The Morgan fingerprint density at radius 2 is 2.08 bits per heavy atom. The van der Waals surface area contributed by atoms with E-state index < -0.39 is 5.60 Å². The van der Waals surface area contributed by atoms with Crippen molar-refractivity contribution >= 4 is 11.6 Å². The van der Waals surface area contributed by atoms with Crippen molar-refractivity contribution in [2.45, 2.75) is 12.1 Å². The first-order chi connectivity index (χ1) is 12.2. The Hall–Kier alpha value is -2.22. The quantitative estimate of drug-likeness (QED) is 0.837. The second-order valence-electron chi connectivity index (χ2n) is 6.55. The Labute approximate surface area is 146 Å². The average molecular weight is 343 g/mol. The van der Waals surface area contributed by atoms with Gasteiger partial charge in [-0.15, -0.1) is 0 Å². The molecule has 1 amide bonds. The van der Waals surface area contributed by atoms with Gasteiger partial charge in [0.1, 0.15) is 18.5 Å². The molecule has 2 fully saturated rings. The summed E-state index contributed by atoms with van der Waals surface area (Å²) < 4.78 is 16.9. The number of amides is 1. The van der Waals surface area contributed by atoms with Gasteiger partial charge in [-0.25, -0.2) is 0 Å². The lowest BCUT2D eigenvalue weighted by molar-refractivity contribution is -0.146. The van der Waals surface area contributed by atoms with Gasteiger partial charge in [-0.2, -0.15) is 0 Å². The Kier molecular flexibility index (Phi) is 4.52. The number of ether oxygens (including phenoxy) is 2. The summed E-state index contributed by atoms with van der Waals surface area (Å²) in [4.78, 5) is 20.4. The topological polar surface area (TPSA) is 68.0 Å². The van der Waals surface area contributed by atoms with Crippen LogP contribution in [-0.4, -0.2) is 60.8 Å². The van der Waals surface area contributed by atoms with Crippen molar-refractivity contribution < 1.29 is 18.7 Å². The van der Waals surface area contributed by atoms with Crippen LogP contribution in [0.3, 0.4) is 0 Å². The van der Waals surface area contributed by atoms with E-state index in [1.807, 2.05) is 12.1 Å². The predicted octanol–water partition coefficient (Wildman–Crippen LogP) is 1.31. The van der Waals surface area contributed by atoms with Crippen LogP contribution in [0.4, 0.5) is 5.69 Å². The first kappa shape index (κ1) is 16.3. The third-order valence-electron chi connectivity index (χ3n) is 4.65. The average Bonchev–Trinajstić information content (AvgIpc) is 3.09. The zero-order valence-corrected chi connectivity index (χ0v) is 14.0. The number of nitrogens with zero attached hydrogens (tertiary/aromatic N) is 3. The molecule has 132 valence electrons. The zero-order valence-electron chi connectivity index (χ0n) is 14.0. The monoisotopic (exact) mass is 343 g/mol. The molecule has 2 aliphatic rings. The predicted molar refractivity (Wildman–Crippen MR) is 90.1 cm³/mol. The van der Waals surface area contributed by atoms with Crippen molar-refractivity contribution in [3.63, 3.8) is 0 Å². The summed E-state index contributed by atoms with van der Waals surface area (Å²) in [5, 5.41) is 0. The molecule has 1 atom stereocenters. The minimum Gasteiger partial charge on any atom is -0.470 e. The van der Waals surface area contributed by atoms with E-state index in [4.69, 9.17) is 13.9 Å². The molecular weight excluding hydrogens is 322 g/mol. The number of carbonyl (C=O) groups is 1. The fourth-order valence-corrected chi connectivity index (χ4v) is 3.41. The van der Waals surface area contributed by atoms with E-state index in [0.29, 0.717) is 26.3 Å². The van der Waals surface area contributed by atoms with Crippen molar-refractivity contribution in [2.75, 3.05) is 44.4 Å². The molecule has 7 nitrogen and oxygen atoms in total. The van der Waals surface area contributed by atoms with E-state index in [0.717, 1.165) is 18.8 Å². The number of rotatable bonds is 3. The van der Waals surface area contributed by atoms with Crippen LogP contribution in [0.5, 0.6) is 0 Å². The molecule has 25 heavy (non-hydrogen) atoms. The molecule has 4 heterocycles. The molecule has 0 N–H and O–H groups in total. The highest BCUT2D eigenvalue weighted by Gasteiger charge is 2.43. The number of aromatic nitrogens is 1. The van der Waals surface area contributed by atoms with Crippen LogP contribution in [0.25, 0.3) is 0 Å². The first-order valence-corrected chi connectivity index (χ1v) is 8.40.